The largest absolute Gasteiger partial charge is 0.470 e. The molecule has 1 unspecified atom stereocenters. The maximum atomic E-state index is 12.1. The molecule has 5 heteroatoms. The molecule has 0 radical (unpaired) electrons. The molecule has 0 saturated heterocycles. The van der Waals surface area contributed by atoms with Crippen molar-refractivity contribution in [2.24, 2.45) is 0 Å². The number of nitrogens with zero attached hydrogens (tertiary/aromatic N) is 2. The van der Waals surface area contributed by atoms with E-state index in [1.165, 1.54) is 0 Å². The third kappa shape index (κ3) is 4.37. The van der Waals surface area contributed by atoms with Crippen LogP contribution in [0.3, 0.4) is 0 Å². The smallest absolute Gasteiger partial charge is 0.338 e. The molecule has 1 aliphatic carbocycles. The van der Waals surface area contributed by atoms with E-state index in [0.29, 0.717) is 29.1 Å². The molecule has 26 heavy (non-hydrogen) atoms. The van der Waals surface area contributed by atoms with E-state index >= 15 is 0 Å². The molecule has 0 amide bonds. The van der Waals surface area contributed by atoms with Crippen molar-refractivity contribution in [1.82, 2.24) is 4.98 Å². The standard InChI is InChI=1S/C21H18N2O3/c1-15-18(13-22)9-12-20(23-15)26-19-10-7-17(8-11-19)21(24)25-14-16-5-3-2-4-6-16/h2-10,12,19H,11,14H2,1H3. The van der Waals surface area contributed by atoms with Gasteiger partial charge in [-0.25, -0.2) is 9.78 Å². The van der Waals surface area contributed by atoms with Crippen molar-refractivity contribution < 1.29 is 14.3 Å². The molecular weight excluding hydrogens is 328 g/mol. The fourth-order valence-corrected chi connectivity index (χ4v) is 2.52. The minimum atomic E-state index is -0.351. The van der Waals surface area contributed by atoms with Crippen LogP contribution in [0.4, 0.5) is 0 Å². The van der Waals surface area contributed by atoms with Gasteiger partial charge in [-0.1, -0.05) is 36.4 Å². The molecule has 1 aromatic carbocycles. The Balaban J connectivity index is 1.53. The highest BCUT2D eigenvalue weighted by Crippen LogP contribution is 2.19. The van der Waals surface area contributed by atoms with Crippen LogP contribution in [-0.2, 0) is 16.1 Å². The second kappa shape index (κ2) is 8.13. The third-order valence-electron chi connectivity index (χ3n) is 3.96. The van der Waals surface area contributed by atoms with Gasteiger partial charge in [-0.15, -0.1) is 0 Å². The highest BCUT2D eigenvalue weighted by molar-refractivity contribution is 5.91. The van der Waals surface area contributed by atoms with Crippen LogP contribution in [-0.4, -0.2) is 17.1 Å². The minimum Gasteiger partial charge on any atom is -0.470 e. The molecule has 0 spiro atoms. The van der Waals surface area contributed by atoms with E-state index in [0.717, 1.165) is 5.56 Å². The summed E-state index contributed by atoms with van der Waals surface area (Å²) in [6.45, 7) is 2.02. The van der Waals surface area contributed by atoms with E-state index in [-0.39, 0.29) is 18.7 Å². The van der Waals surface area contributed by atoms with Crippen LogP contribution in [0.2, 0.25) is 0 Å². The minimum absolute atomic E-state index is 0.208. The van der Waals surface area contributed by atoms with Crippen molar-refractivity contribution in [2.45, 2.75) is 26.1 Å². The van der Waals surface area contributed by atoms with E-state index in [2.05, 4.69) is 11.1 Å². The lowest BCUT2D eigenvalue weighted by molar-refractivity contribution is -0.139. The first-order valence-electron chi connectivity index (χ1n) is 8.29. The van der Waals surface area contributed by atoms with Gasteiger partial charge in [0.25, 0.3) is 0 Å². The van der Waals surface area contributed by atoms with E-state index in [1.807, 2.05) is 36.4 Å². The van der Waals surface area contributed by atoms with E-state index in [1.54, 1.807) is 31.2 Å². The van der Waals surface area contributed by atoms with Gasteiger partial charge in [-0.3, -0.25) is 0 Å². The summed E-state index contributed by atoms with van der Waals surface area (Å²) in [5.41, 5.74) is 2.62. The third-order valence-corrected chi connectivity index (χ3v) is 3.96. The zero-order chi connectivity index (χ0) is 18.4. The fraction of sp³-hybridized carbons (Fsp3) is 0.190. The number of pyridine rings is 1. The van der Waals surface area contributed by atoms with Crippen molar-refractivity contribution in [3.8, 4) is 11.9 Å². The van der Waals surface area contributed by atoms with Gasteiger partial charge in [0.1, 0.15) is 18.8 Å². The number of hydrogen-bond donors (Lipinski definition) is 0. The zero-order valence-electron chi connectivity index (χ0n) is 14.4. The quantitative estimate of drug-likeness (QED) is 0.773. The van der Waals surface area contributed by atoms with Crippen molar-refractivity contribution in [1.29, 1.82) is 5.26 Å². The second-order valence-corrected chi connectivity index (χ2v) is 5.87. The lowest BCUT2D eigenvalue weighted by atomic mass is 10.1. The van der Waals surface area contributed by atoms with E-state index < -0.39 is 0 Å². The van der Waals surface area contributed by atoms with E-state index in [9.17, 15) is 4.79 Å². The maximum Gasteiger partial charge on any atom is 0.338 e. The summed E-state index contributed by atoms with van der Waals surface area (Å²) in [5, 5.41) is 8.93. The van der Waals surface area contributed by atoms with Gasteiger partial charge < -0.3 is 9.47 Å². The number of benzene rings is 1. The zero-order valence-corrected chi connectivity index (χ0v) is 14.4. The number of rotatable bonds is 5. The van der Waals surface area contributed by atoms with Crippen molar-refractivity contribution >= 4 is 5.97 Å². The first-order chi connectivity index (χ1) is 12.7. The SMILES string of the molecule is Cc1nc(OC2C=CC(C(=O)OCc3ccccc3)=CC2)ccc1C#N. The number of esters is 1. The summed E-state index contributed by atoms with van der Waals surface area (Å²) in [6.07, 6.45) is 5.66. The normalized spacial score (nSPS) is 15.7. The molecule has 2 aromatic rings. The number of nitriles is 1. The molecular formula is C21H18N2O3. The average molecular weight is 346 g/mol. The Labute approximate surface area is 152 Å². The monoisotopic (exact) mass is 346 g/mol. The molecule has 130 valence electrons. The summed E-state index contributed by atoms with van der Waals surface area (Å²) in [4.78, 5) is 16.4. The predicted octanol–water partition coefficient (Wildman–Crippen LogP) is 3.64. The number of aromatic nitrogens is 1. The maximum absolute atomic E-state index is 12.1. The van der Waals surface area contributed by atoms with Crippen LogP contribution < -0.4 is 4.74 Å². The Hall–Kier alpha value is -3.39. The Bertz CT molecular complexity index is 895. The molecule has 1 aromatic heterocycles. The van der Waals surface area contributed by atoms with Gasteiger partial charge in [0.05, 0.1) is 16.8 Å². The number of hydrogen-bond acceptors (Lipinski definition) is 5. The number of ether oxygens (including phenoxy) is 2. The number of aryl methyl sites for hydroxylation is 1. The van der Waals surface area contributed by atoms with Gasteiger partial charge in [0.15, 0.2) is 0 Å². The van der Waals surface area contributed by atoms with Crippen LogP contribution >= 0.6 is 0 Å². The Morgan fingerprint density at radius 3 is 2.73 bits per heavy atom. The highest BCUT2D eigenvalue weighted by Gasteiger charge is 2.16. The lowest BCUT2D eigenvalue weighted by Gasteiger charge is -2.17. The summed E-state index contributed by atoms with van der Waals surface area (Å²) in [6, 6.07) is 15.0. The topological polar surface area (TPSA) is 72.2 Å². The van der Waals surface area contributed by atoms with Crippen LogP contribution in [0.5, 0.6) is 5.88 Å². The van der Waals surface area contributed by atoms with E-state index in [4.69, 9.17) is 14.7 Å². The van der Waals surface area contributed by atoms with Crippen LogP contribution in [0, 0.1) is 18.3 Å². The highest BCUT2D eigenvalue weighted by atomic mass is 16.5. The molecule has 0 N–H and O–H groups in total. The van der Waals surface area contributed by atoms with Crippen molar-refractivity contribution in [3.63, 3.8) is 0 Å². The number of carbonyl (C=O) groups excluding carboxylic acids is 1. The van der Waals surface area contributed by atoms with Gasteiger partial charge in [0.2, 0.25) is 5.88 Å². The lowest BCUT2D eigenvalue weighted by Crippen LogP contribution is -2.18. The van der Waals surface area contributed by atoms with Crippen molar-refractivity contribution in [2.75, 3.05) is 0 Å². The van der Waals surface area contributed by atoms with Crippen LogP contribution in [0.25, 0.3) is 0 Å². The van der Waals surface area contributed by atoms with Gasteiger partial charge in [-0.05, 0) is 30.7 Å². The Kier molecular flexibility index (Phi) is 5.45. The molecule has 3 rings (SSSR count). The number of carbonyl (C=O) groups is 1. The second-order valence-electron chi connectivity index (χ2n) is 5.87. The first-order valence-corrected chi connectivity index (χ1v) is 8.29. The summed E-state index contributed by atoms with van der Waals surface area (Å²) in [7, 11) is 0. The van der Waals surface area contributed by atoms with Gasteiger partial charge in [-0.2, -0.15) is 5.26 Å². The molecule has 0 aliphatic heterocycles. The Morgan fingerprint density at radius 2 is 2.08 bits per heavy atom. The first kappa shape index (κ1) is 17.4. The van der Waals surface area contributed by atoms with Gasteiger partial charge >= 0.3 is 5.97 Å². The predicted molar refractivity (Wildman–Crippen MR) is 96.2 cm³/mol. The van der Waals surface area contributed by atoms with Gasteiger partial charge in [0, 0.05) is 12.5 Å². The summed E-state index contributed by atoms with van der Waals surface area (Å²) < 4.78 is 11.1. The molecule has 0 saturated carbocycles. The van der Waals surface area contributed by atoms with Crippen LogP contribution in [0.15, 0.2) is 66.3 Å². The molecule has 0 bridgehead atoms. The summed E-state index contributed by atoms with van der Waals surface area (Å²) in [5.74, 6) is 0.107. The summed E-state index contributed by atoms with van der Waals surface area (Å²) >= 11 is 0. The molecule has 1 heterocycles. The van der Waals surface area contributed by atoms with Crippen LogP contribution in [0.1, 0.15) is 23.2 Å². The molecule has 1 aliphatic rings. The van der Waals surface area contributed by atoms with Crippen molar-refractivity contribution in [3.05, 3.63) is 83.1 Å². The molecule has 0 fully saturated rings. The average Bonchev–Trinajstić information content (AvgIpc) is 2.68. The molecule has 5 nitrogen and oxygen atoms in total. The molecule has 1 atom stereocenters. The fourth-order valence-electron chi connectivity index (χ4n) is 2.52. The Morgan fingerprint density at radius 1 is 1.27 bits per heavy atom.